The topological polar surface area (TPSA) is 120 Å². The summed E-state index contributed by atoms with van der Waals surface area (Å²) in [6, 6.07) is 6.95. The molecule has 46 heavy (non-hydrogen) atoms. The molecule has 7 nitrogen and oxygen atoms in total. The molecule has 0 amide bonds. The van der Waals surface area contributed by atoms with Gasteiger partial charge in [0.2, 0.25) is 0 Å². The van der Waals surface area contributed by atoms with E-state index < -0.39 is 39.7 Å². The van der Waals surface area contributed by atoms with E-state index in [2.05, 4.69) is 55.4 Å². The second-order valence-corrected chi connectivity index (χ2v) is 17.3. The van der Waals surface area contributed by atoms with Gasteiger partial charge in [-0.1, -0.05) is 60.6 Å². The van der Waals surface area contributed by atoms with Gasteiger partial charge < -0.3 is 29.9 Å². The number of ether oxygens (including phenoxy) is 2. The van der Waals surface area contributed by atoms with E-state index in [4.69, 9.17) is 9.47 Å². The minimum Gasteiger partial charge on any atom is -0.508 e. The molecular formula is C39H58O7. The Labute approximate surface area is 275 Å². The van der Waals surface area contributed by atoms with Crippen molar-refractivity contribution in [3.8, 4) is 5.75 Å². The molecule has 1 heterocycles. The Morgan fingerprint density at radius 2 is 1.63 bits per heavy atom. The monoisotopic (exact) mass is 638 g/mol. The molecule has 1 saturated heterocycles. The summed E-state index contributed by atoms with van der Waals surface area (Å²) in [5.41, 5.74) is -2.19. The van der Waals surface area contributed by atoms with E-state index in [-0.39, 0.29) is 48.4 Å². The number of phenols is 1. The van der Waals surface area contributed by atoms with Crippen molar-refractivity contribution >= 4 is 5.78 Å². The highest BCUT2D eigenvalue weighted by Crippen LogP contribution is 2.72. The average molecular weight is 639 g/mol. The molecule has 6 rings (SSSR count). The average Bonchev–Trinajstić information content (AvgIpc) is 3.74. The number of rotatable bonds is 9. The van der Waals surface area contributed by atoms with Gasteiger partial charge in [-0.15, -0.1) is 0 Å². The van der Waals surface area contributed by atoms with Crippen molar-refractivity contribution in [2.75, 3.05) is 6.61 Å². The number of benzene rings is 1. The first-order chi connectivity index (χ1) is 21.4. The smallest absolute Gasteiger partial charge is 0.162 e. The molecule has 5 aliphatic rings. The van der Waals surface area contributed by atoms with Crippen LogP contribution in [-0.2, 0) is 20.7 Å². The van der Waals surface area contributed by atoms with Crippen molar-refractivity contribution in [2.24, 2.45) is 45.8 Å². The van der Waals surface area contributed by atoms with Crippen LogP contribution in [0.5, 0.6) is 5.75 Å². The van der Waals surface area contributed by atoms with Gasteiger partial charge in [-0.2, -0.15) is 0 Å². The third-order valence-electron chi connectivity index (χ3n) is 14.1. The van der Waals surface area contributed by atoms with E-state index in [1.165, 1.54) is 0 Å². The lowest BCUT2D eigenvalue weighted by Gasteiger charge is -2.64. The maximum atomic E-state index is 14.7. The number of hydrogen-bond donors (Lipinski definition) is 4. The van der Waals surface area contributed by atoms with Crippen LogP contribution in [0.15, 0.2) is 35.9 Å². The zero-order valence-corrected chi connectivity index (χ0v) is 29.3. The highest BCUT2D eigenvalue weighted by molar-refractivity contribution is 5.98. The second kappa shape index (κ2) is 11.4. The van der Waals surface area contributed by atoms with Crippen LogP contribution in [0.25, 0.3) is 0 Å². The zero-order valence-electron chi connectivity index (χ0n) is 29.3. The quantitative estimate of drug-likeness (QED) is 0.245. The molecule has 7 heteroatoms. The number of carbonyl (C=O) groups excluding carboxylic acids is 1. The minimum atomic E-state index is -1.19. The van der Waals surface area contributed by atoms with Gasteiger partial charge in [-0.3, -0.25) is 4.79 Å². The highest BCUT2D eigenvalue weighted by atomic mass is 16.6. The third-order valence-corrected chi connectivity index (χ3v) is 14.1. The molecule has 4 fully saturated rings. The Morgan fingerprint density at radius 1 is 0.978 bits per heavy atom. The number of aliphatic hydroxyl groups excluding tert-OH is 2. The molecule has 0 bridgehead atoms. The van der Waals surface area contributed by atoms with Crippen molar-refractivity contribution in [3.63, 3.8) is 0 Å². The number of allylic oxidation sites excluding steroid dienone is 1. The summed E-state index contributed by atoms with van der Waals surface area (Å²) in [7, 11) is 0. The summed E-state index contributed by atoms with van der Waals surface area (Å²) in [6.45, 7) is 18.2. The summed E-state index contributed by atoms with van der Waals surface area (Å²) >= 11 is 0. The van der Waals surface area contributed by atoms with Crippen molar-refractivity contribution in [2.45, 2.75) is 136 Å². The first-order valence-electron chi connectivity index (χ1n) is 17.9. The standard InChI is InChI=1S/C39H58O7/c1-22(2)21-45-37(8,34-33(46-34)24(5)23(3)4)31-14-16-39(44)28-17-32(43)38(18-25-9-11-26(40)12-10-25)20-30(42)29(41)19-36(38,7)27(28)13-15-35(31,39)6/h9-12,17,22-24,27,29-31,33-34,40-42,44H,13-16,18-21H2,1-8H3/t24-,27+,29+,30-,31+,33+,34-,35-,36-,37-,38+,39-/m1/s1. The van der Waals surface area contributed by atoms with Gasteiger partial charge in [-0.05, 0) is 116 Å². The maximum absolute atomic E-state index is 14.7. The van der Waals surface area contributed by atoms with Crippen LogP contribution in [0, 0.1) is 45.8 Å². The van der Waals surface area contributed by atoms with Gasteiger partial charge in [0.25, 0.3) is 0 Å². The summed E-state index contributed by atoms with van der Waals surface area (Å²) < 4.78 is 13.4. The SMILES string of the molecule is CC(C)CO[C@@](C)([C@@H]1O[C@H]1[C@H](C)C(C)C)[C@H]1CC[C@@]2(O)C3=CC(=O)[C@]4(Cc5ccc(O)cc5)C[C@@H](O)[C@@H](O)C[C@]4(C)[C@H]3CC[C@]12C. The summed E-state index contributed by atoms with van der Waals surface area (Å²) in [6.07, 6.45) is 3.62. The van der Waals surface area contributed by atoms with E-state index in [0.29, 0.717) is 37.2 Å². The number of aromatic hydroxyl groups is 1. The Morgan fingerprint density at radius 3 is 2.26 bits per heavy atom. The van der Waals surface area contributed by atoms with Gasteiger partial charge in [-0.25, -0.2) is 0 Å². The number of ketones is 1. The van der Waals surface area contributed by atoms with Gasteiger partial charge >= 0.3 is 0 Å². The highest BCUT2D eigenvalue weighted by Gasteiger charge is 2.73. The molecular weight excluding hydrogens is 580 g/mol. The summed E-state index contributed by atoms with van der Waals surface area (Å²) in [5, 5.41) is 45.0. The van der Waals surface area contributed by atoms with E-state index in [0.717, 1.165) is 30.4 Å². The number of aliphatic hydroxyl groups is 3. The predicted octanol–water partition coefficient (Wildman–Crippen LogP) is 6.00. The number of carbonyl (C=O) groups is 1. The third kappa shape index (κ3) is 4.88. The van der Waals surface area contributed by atoms with Crippen molar-refractivity contribution < 1.29 is 34.7 Å². The summed E-state index contributed by atoms with van der Waals surface area (Å²) in [4.78, 5) is 14.7. The molecule has 4 aliphatic carbocycles. The van der Waals surface area contributed by atoms with Crippen molar-refractivity contribution in [1.29, 1.82) is 0 Å². The molecule has 0 spiro atoms. The molecule has 1 aromatic carbocycles. The molecule has 1 aliphatic heterocycles. The van der Waals surface area contributed by atoms with Gasteiger partial charge in [0, 0.05) is 17.4 Å². The van der Waals surface area contributed by atoms with Crippen LogP contribution in [0.1, 0.15) is 99.5 Å². The van der Waals surface area contributed by atoms with E-state index in [9.17, 15) is 25.2 Å². The molecule has 3 saturated carbocycles. The van der Waals surface area contributed by atoms with Crippen LogP contribution in [0.2, 0.25) is 0 Å². The first-order valence-corrected chi connectivity index (χ1v) is 17.9. The van der Waals surface area contributed by atoms with Gasteiger partial charge in [0.05, 0.1) is 29.5 Å². The number of hydrogen-bond acceptors (Lipinski definition) is 7. The summed E-state index contributed by atoms with van der Waals surface area (Å²) in [5.74, 6) is 1.24. The minimum absolute atomic E-state index is 0.0327. The second-order valence-electron chi connectivity index (χ2n) is 17.3. The zero-order chi connectivity index (χ0) is 33.6. The van der Waals surface area contributed by atoms with Crippen LogP contribution >= 0.6 is 0 Å². The number of phenolic OH excluding ortho intramolecular Hbond substituents is 1. The van der Waals surface area contributed by atoms with Crippen LogP contribution in [-0.4, -0.2) is 68.4 Å². The molecule has 1 aromatic rings. The van der Waals surface area contributed by atoms with E-state index in [1.54, 1.807) is 18.2 Å². The molecule has 12 atom stereocenters. The van der Waals surface area contributed by atoms with E-state index >= 15 is 0 Å². The lowest BCUT2D eigenvalue weighted by Crippen LogP contribution is -2.66. The Balaban J connectivity index is 1.40. The number of fused-ring (bicyclic) bond motifs is 5. The molecule has 0 radical (unpaired) electrons. The van der Waals surface area contributed by atoms with Gasteiger partial charge in [0.1, 0.15) is 11.9 Å². The van der Waals surface area contributed by atoms with Crippen LogP contribution in [0.3, 0.4) is 0 Å². The Bertz CT molecular complexity index is 1350. The fraction of sp³-hybridized carbons (Fsp3) is 0.769. The lowest BCUT2D eigenvalue weighted by atomic mass is 9.40. The van der Waals surface area contributed by atoms with Gasteiger partial charge in [0.15, 0.2) is 5.78 Å². The fourth-order valence-electron chi connectivity index (χ4n) is 10.8. The lowest BCUT2D eigenvalue weighted by molar-refractivity contribution is -0.189. The maximum Gasteiger partial charge on any atom is 0.162 e. The van der Waals surface area contributed by atoms with Crippen molar-refractivity contribution in [3.05, 3.63) is 41.5 Å². The van der Waals surface area contributed by atoms with E-state index in [1.807, 2.05) is 12.1 Å². The largest absolute Gasteiger partial charge is 0.508 e. The Kier molecular flexibility index (Phi) is 8.45. The Hall–Kier alpha value is -1.77. The predicted molar refractivity (Wildman–Crippen MR) is 177 cm³/mol. The molecule has 0 aromatic heterocycles. The molecule has 0 unspecified atom stereocenters. The van der Waals surface area contributed by atoms with Crippen LogP contribution in [0.4, 0.5) is 0 Å². The normalized spacial score (nSPS) is 43.8. The molecule has 4 N–H and O–H groups in total. The number of epoxide rings is 1. The van der Waals surface area contributed by atoms with Crippen LogP contribution < -0.4 is 0 Å². The first kappa shape index (κ1) is 34.1. The fourth-order valence-corrected chi connectivity index (χ4v) is 10.8. The molecule has 256 valence electrons. The van der Waals surface area contributed by atoms with Crippen molar-refractivity contribution in [1.82, 2.24) is 0 Å².